The highest BCUT2D eigenvalue weighted by Gasteiger charge is 2.28. The number of para-hydroxylation sites is 1. The molecular weight excluding hydrogens is 270 g/mol. The number of amides is 1. The van der Waals surface area contributed by atoms with E-state index in [-0.39, 0.29) is 12.0 Å². The lowest BCUT2D eigenvalue weighted by Crippen LogP contribution is -2.38. The highest BCUT2D eigenvalue weighted by Crippen LogP contribution is 2.29. The van der Waals surface area contributed by atoms with E-state index in [1.54, 1.807) is 0 Å². The summed E-state index contributed by atoms with van der Waals surface area (Å²) in [6, 6.07) is 7.88. The van der Waals surface area contributed by atoms with Gasteiger partial charge >= 0.3 is 0 Å². The van der Waals surface area contributed by atoms with Crippen LogP contribution in [0.4, 0.5) is 0 Å². The molecule has 4 heteroatoms. The molecule has 0 radical (unpaired) electrons. The van der Waals surface area contributed by atoms with E-state index in [9.17, 15) is 4.79 Å². The van der Waals surface area contributed by atoms with Crippen molar-refractivity contribution >= 4 is 17.7 Å². The van der Waals surface area contributed by atoms with E-state index in [1.165, 1.54) is 25.7 Å². The molecule has 0 bridgehead atoms. The van der Waals surface area contributed by atoms with Crippen molar-refractivity contribution < 1.29 is 9.53 Å². The number of nitrogens with one attached hydrogen (secondary N) is 1. The first kappa shape index (κ1) is 13.8. The zero-order valence-corrected chi connectivity index (χ0v) is 12.5. The van der Waals surface area contributed by atoms with Crippen LogP contribution in [0.25, 0.3) is 0 Å². The quantitative estimate of drug-likeness (QED) is 0.848. The Hall–Kier alpha value is -1.16. The predicted octanol–water partition coefficient (Wildman–Crippen LogP) is 2.78. The van der Waals surface area contributed by atoms with E-state index in [1.807, 2.05) is 36.0 Å². The fraction of sp³-hybridized carbons (Fsp3) is 0.562. The summed E-state index contributed by atoms with van der Waals surface area (Å²) in [5.74, 6) is 1.89. The summed E-state index contributed by atoms with van der Waals surface area (Å²) >= 11 is 2.00. The Morgan fingerprint density at radius 3 is 2.90 bits per heavy atom. The second-order valence-corrected chi connectivity index (χ2v) is 6.89. The van der Waals surface area contributed by atoms with Gasteiger partial charge in [0.1, 0.15) is 5.75 Å². The van der Waals surface area contributed by atoms with Gasteiger partial charge in [-0.3, -0.25) is 4.79 Å². The van der Waals surface area contributed by atoms with Crippen molar-refractivity contribution in [3.8, 4) is 5.75 Å². The Labute approximate surface area is 124 Å². The van der Waals surface area contributed by atoms with Gasteiger partial charge in [-0.05, 0) is 24.5 Å². The summed E-state index contributed by atoms with van der Waals surface area (Å²) in [7, 11) is 0. The molecule has 2 aliphatic rings. The van der Waals surface area contributed by atoms with Gasteiger partial charge in [0, 0.05) is 24.0 Å². The van der Waals surface area contributed by atoms with Gasteiger partial charge < -0.3 is 10.1 Å². The largest absolute Gasteiger partial charge is 0.480 e. The number of thioether (sulfide) groups is 1. The van der Waals surface area contributed by atoms with Crippen molar-refractivity contribution in [1.29, 1.82) is 0 Å². The van der Waals surface area contributed by atoms with Gasteiger partial charge in [-0.15, -0.1) is 0 Å². The van der Waals surface area contributed by atoms with Gasteiger partial charge in [0.2, 0.25) is 0 Å². The van der Waals surface area contributed by atoms with Crippen LogP contribution in [0.2, 0.25) is 0 Å². The number of carbonyl (C=O) groups excluding carboxylic acids is 1. The molecule has 3 rings (SSSR count). The Kier molecular flexibility index (Phi) is 4.51. The first-order valence-corrected chi connectivity index (χ1v) is 8.51. The highest BCUT2D eigenvalue weighted by molar-refractivity contribution is 7.99. The van der Waals surface area contributed by atoms with Crippen LogP contribution in [0.3, 0.4) is 0 Å². The average Bonchev–Trinajstić information content (AvgIpc) is 3.12. The van der Waals surface area contributed by atoms with Crippen LogP contribution in [0, 0.1) is 0 Å². The van der Waals surface area contributed by atoms with Crippen molar-refractivity contribution in [2.75, 3.05) is 12.3 Å². The summed E-state index contributed by atoms with van der Waals surface area (Å²) in [6.07, 6.45) is 5.79. The van der Waals surface area contributed by atoms with Crippen LogP contribution in [0.15, 0.2) is 24.3 Å². The Balaban J connectivity index is 1.38. The van der Waals surface area contributed by atoms with Crippen molar-refractivity contribution in [1.82, 2.24) is 5.32 Å². The Bertz CT molecular complexity index is 446. The maximum Gasteiger partial charge on any atom is 0.261 e. The molecule has 1 fully saturated rings. The van der Waals surface area contributed by atoms with Crippen molar-refractivity contribution in [3.05, 3.63) is 29.8 Å². The van der Waals surface area contributed by atoms with E-state index >= 15 is 0 Å². The molecule has 108 valence electrons. The number of ether oxygens (including phenoxy) is 1. The third kappa shape index (κ3) is 3.29. The topological polar surface area (TPSA) is 38.3 Å². The smallest absolute Gasteiger partial charge is 0.261 e. The molecule has 0 saturated heterocycles. The monoisotopic (exact) mass is 291 g/mol. The zero-order valence-electron chi connectivity index (χ0n) is 11.6. The maximum atomic E-state index is 12.1. The van der Waals surface area contributed by atoms with Crippen LogP contribution in [-0.4, -0.2) is 29.6 Å². The van der Waals surface area contributed by atoms with Gasteiger partial charge in [0.25, 0.3) is 5.91 Å². The molecule has 1 aliphatic heterocycles. The lowest BCUT2D eigenvalue weighted by atomic mass is 10.1. The standard InChI is InChI=1S/C16H21NO2S/c18-16(17-9-10-20-13-6-2-3-7-13)15-11-12-5-1-4-8-14(12)19-15/h1,4-5,8,13,15H,2-3,6-7,9-11H2,(H,17,18). The van der Waals surface area contributed by atoms with Gasteiger partial charge in [-0.25, -0.2) is 0 Å². The van der Waals surface area contributed by atoms with Crippen LogP contribution < -0.4 is 10.1 Å². The number of benzene rings is 1. The fourth-order valence-electron chi connectivity index (χ4n) is 2.90. The van der Waals surface area contributed by atoms with Gasteiger partial charge in [-0.1, -0.05) is 31.0 Å². The molecule has 1 amide bonds. The van der Waals surface area contributed by atoms with Crippen molar-refractivity contribution in [2.45, 2.75) is 43.5 Å². The molecule has 1 N–H and O–H groups in total. The van der Waals surface area contributed by atoms with Crippen molar-refractivity contribution in [2.24, 2.45) is 0 Å². The number of carbonyl (C=O) groups is 1. The highest BCUT2D eigenvalue weighted by atomic mass is 32.2. The number of hydrogen-bond acceptors (Lipinski definition) is 3. The fourth-order valence-corrected chi connectivity index (χ4v) is 4.12. The lowest BCUT2D eigenvalue weighted by molar-refractivity contribution is -0.127. The van der Waals surface area contributed by atoms with E-state index in [0.717, 1.165) is 28.9 Å². The molecule has 1 atom stereocenters. The summed E-state index contributed by atoms with van der Waals surface area (Å²) in [6.45, 7) is 0.746. The third-order valence-corrected chi connectivity index (χ3v) is 5.38. The number of fused-ring (bicyclic) bond motifs is 1. The average molecular weight is 291 g/mol. The van der Waals surface area contributed by atoms with Gasteiger partial charge in [-0.2, -0.15) is 11.8 Å². The number of rotatable bonds is 5. The normalized spacial score (nSPS) is 21.5. The molecule has 3 nitrogen and oxygen atoms in total. The van der Waals surface area contributed by atoms with Crippen LogP contribution >= 0.6 is 11.8 Å². The summed E-state index contributed by atoms with van der Waals surface area (Å²) in [5, 5.41) is 3.82. The minimum absolute atomic E-state index is 0.0215. The van der Waals surface area contributed by atoms with Crippen LogP contribution in [0.5, 0.6) is 5.75 Å². The van der Waals surface area contributed by atoms with E-state index in [2.05, 4.69) is 5.32 Å². The summed E-state index contributed by atoms with van der Waals surface area (Å²) in [4.78, 5) is 12.1. The summed E-state index contributed by atoms with van der Waals surface area (Å²) in [5.41, 5.74) is 1.13. The Morgan fingerprint density at radius 1 is 1.30 bits per heavy atom. The predicted molar refractivity (Wildman–Crippen MR) is 82.3 cm³/mol. The SMILES string of the molecule is O=C(NCCSC1CCCC1)C1Cc2ccccc2O1. The second kappa shape index (κ2) is 6.53. The molecule has 1 aliphatic carbocycles. The molecular formula is C16H21NO2S. The van der Waals surface area contributed by atoms with Gasteiger partial charge in [0.05, 0.1) is 0 Å². The van der Waals surface area contributed by atoms with E-state index in [4.69, 9.17) is 4.74 Å². The van der Waals surface area contributed by atoms with E-state index < -0.39 is 0 Å². The first-order chi connectivity index (χ1) is 9.83. The molecule has 0 spiro atoms. The van der Waals surface area contributed by atoms with E-state index in [0.29, 0.717) is 6.42 Å². The first-order valence-electron chi connectivity index (χ1n) is 7.47. The number of hydrogen-bond donors (Lipinski definition) is 1. The summed E-state index contributed by atoms with van der Waals surface area (Å²) < 4.78 is 5.68. The maximum absolute atomic E-state index is 12.1. The minimum Gasteiger partial charge on any atom is -0.480 e. The zero-order chi connectivity index (χ0) is 13.8. The second-order valence-electron chi connectivity index (χ2n) is 5.49. The molecule has 1 unspecified atom stereocenters. The third-order valence-electron chi connectivity index (χ3n) is 4.00. The lowest BCUT2D eigenvalue weighted by Gasteiger charge is -2.12. The minimum atomic E-state index is -0.344. The van der Waals surface area contributed by atoms with Crippen LogP contribution in [0.1, 0.15) is 31.2 Å². The molecule has 1 saturated carbocycles. The van der Waals surface area contributed by atoms with Gasteiger partial charge in [0.15, 0.2) is 6.10 Å². The van der Waals surface area contributed by atoms with Crippen LogP contribution in [-0.2, 0) is 11.2 Å². The Morgan fingerprint density at radius 2 is 2.10 bits per heavy atom. The molecule has 1 aromatic rings. The van der Waals surface area contributed by atoms with Crippen molar-refractivity contribution in [3.63, 3.8) is 0 Å². The molecule has 1 heterocycles. The molecule has 1 aromatic carbocycles. The molecule has 0 aromatic heterocycles. The molecule has 20 heavy (non-hydrogen) atoms.